The number of nitrogens with one attached hydrogen (secondary N) is 1. The first-order chi connectivity index (χ1) is 11.1. The molecule has 0 saturated carbocycles. The zero-order valence-corrected chi connectivity index (χ0v) is 13.3. The summed E-state index contributed by atoms with van der Waals surface area (Å²) in [5.74, 6) is 1.42. The quantitative estimate of drug-likeness (QED) is 0.793. The zero-order valence-electron chi connectivity index (χ0n) is 13.3. The van der Waals surface area contributed by atoms with Gasteiger partial charge in [0.25, 0.3) is 0 Å². The molecule has 0 bridgehead atoms. The van der Waals surface area contributed by atoms with Gasteiger partial charge in [-0.2, -0.15) is 0 Å². The molecule has 5 heteroatoms. The average molecular weight is 315 g/mol. The molecule has 23 heavy (non-hydrogen) atoms. The smallest absolute Gasteiger partial charge is 0.231 e. The average Bonchev–Trinajstić information content (AvgIpc) is 2.97. The normalized spacial score (nSPS) is 21.5. The van der Waals surface area contributed by atoms with Crippen molar-refractivity contribution in [3.8, 4) is 11.5 Å². The molecular formula is C18H21NO4. The summed E-state index contributed by atoms with van der Waals surface area (Å²) in [6.07, 6.45) is 3.83. The van der Waals surface area contributed by atoms with Crippen molar-refractivity contribution in [2.75, 3.05) is 19.9 Å². The number of rotatable bonds is 0. The molecule has 0 amide bonds. The molecule has 1 aromatic rings. The molecular weight excluding hydrogens is 294 g/mol. The molecule has 1 N–H and O–H groups in total. The van der Waals surface area contributed by atoms with Crippen LogP contribution in [0.2, 0.25) is 0 Å². The van der Waals surface area contributed by atoms with Gasteiger partial charge in [-0.15, -0.1) is 0 Å². The first kappa shape index (κ1) is 15.7. The van der Waals surface area contributed by atoms with E-state index in [1.807, 2.05) is 12.1 Å². The maximum atomic E-state index is 12.4. The van der Waals surface area contributed by atoms with Gasteiger partial charge < -0.3 is 14.8 Å². The third-order valence-corrected chi connectivity index (χ3v) is 4.21. The Morgan fingerprint density at radius 2 is 1.74 bits per heavy atom. The van der Waals surface area contributed by atoms with E-state index in [9.17, 15) is 9.59 Å². The number of carbonyl (C=O) groups is 2. The molecule has 0 spiro atoms. The Kier molecular flexibility index (Phi) is 4.76. The van der Waals surface area contributed by atoms with Gasteiger partial charge in [-0.1, -0.05) is 0 Å². The van der Waals surface area contributed by atoms with Crippen molar-refractivity contribution in [2.24, 2.45) is 0 Å². The standard InChI is InChI=1S/C18H21NO4/c1-12-7-15(20)3-2-5-19-6-4-13-9-17-18(23-11-22-17)10-14(13)8-16(12)21/h7,9-10,19H,2-6,8,11H2,1H3/b12-7-. The third kappa shape index (κ3) is 3.79. The highest BCUT2D eigenvalue weighted by atomic mass is 16.7. The SMILES string of the molecule is C/C1=C/C(=O)CCCNCCc2cc3c(cc2CC1=O)OCO3. The van der Waals surface area contributed by atoms with E-state index in [0.717, 1.165) is 42.8 Å². The van der Waals surface area contributed by atoms with Crippen molar-refractivity contribution >= 4 is 11.6 Å². The van der Waals surface area contributed by atoms with Gasteiger partial charge in [0, 0.05) is 12.8 Å². The van der Waals surface area contributed by atoms with Crippen LogP contribution >= 0.6 is 0 Å². The van der Waals surface area contributed by atoms with Crippen LogP contribution in [0.3, 0.4) is 0 Å². The van der Waals surface area contributed by atoms with Crippen molar-refractivity contribution in [1.82, 2.24) is 5.32 Å². The fraction of sp³-hybridized carbons (Fsp3) is 0.444. The molecule has 0 fully saturated rings. The van der Waals surface area contributed by atoms with Crippen LogP contribution < -0.4 is 14.8 Å². The molecule has 2 aliphatic rings. The van der Waals surface area contributed by atoms with Gasteiger partial charge in [0.15, 0.2) is 23.1 Å². The summed E-state index contributed by atoms with van der Waals surface area (Å²) in [6.45, 7) is 3.54. The van der Waals surface area contributed by atoms with Gasteiger partial charge in [0.05, 0.1) is 0 Å². The molecule has 5 nitrogen and oxygen atoms in total. The van der Waals surface area contributed by atoms with Crippen LogP contribution in [0.4, 0.5) is 0 Å². The summed E-state index contributed by atoms with van der Waals surface area (Å²) in [6, 6.07) is 3.86. The van der Waals surface area contributed by atoms with Gasteiger partial charge in [0.2, 0.25) is 6.79 Å². The van der Waals surface area contributed by atoms with Crippen LogP contribution in [0.25, 0.3) is 0 Å². The summed E-state index contributed by atoms with van der Waals surface area (Å²) in [7, 11) is 0. The van der Waals surface area contributed by atoms with Crippen molar-refractivity contribution < 1.29 is 19.1 Å². The molecule has 2 heterocycles. The first-order valence-electron chi connectivity index (χ1n) is 8.00. The Bertz CT molecular complexity index is 663. The van der Waals surface area contributed by atoms with E-state index >= 15 is 0 Å². The highest BCUT2D eigenvalue weighted by molar-refractivity contribution is 6.03. The molecule has 0 aliphatic carbocycles. The number of hydrogen-bond acceptors (Lipinski definition) is 5. The molecule has 3 rings (SSSR count). The number of benzene rings is 1. The second-order valence-corrected chi connectivity index (χ2v) is 5.97. The molecule has 0 saturated heterocycles. The number of hydrogen-bond donors (Lipinski definition) is 1. The molecule has 0 atom stereocenters. The lowest BCUT2D eigenvalue weighted by Gasteiger charge is -2.11. The van der Waals surface area contributed by atoms with Gasteiger partial charge in [-0.3, -0.25) is 9.59 Å². The summed E-state index contributed by atoms with van der Waals surface area (Å²) >= 11 is 0. The van der Waals surface area contributed by atoms with Crippen molar-refractivity contribution in [3.05, 3.63) is 34.9 Å². The fourth-order valence-electron chi connectivity index (χ4n) is 2.87. The Morgan fingerprint density at radius 1 is 1.00 bits per heavy atom. The van der Waals surface area contributed by atoms with Gasteiger partial charge in [-0.25, -0.2) is 0 Å². The predicted octanol–water partition coefficient (Wildman–Crippen LogP) is 1.97. The molecule has 0 aromatic heterocycles. The van der Waals surface area contributed by atoms with Crippen molar-refractivity contribution in [3.63, 3.8) is 0 Å². The Labute approximate surface area is 135 Å². The minimum absolute atomic E-state index is 0.0165. The van der Waals surface area contributed by atoms with E-state index in [1.165, 1.54) is 6.08 Å². The second kappa shape index (κ2) is 6.96. The highest BCUT2D eigenvalue weighted by Gasteiger charge is 2.19. The van der Waals surface area contributed by atoms with Crippen LogP contribution in [0.5, 0.6) is 11.5 Å². The van der Waals surface area contributed by atoms with Crippen LogP contribution in [0, 0.1) is 0 Å². The van der Waals surface area contributed by atoms with Gasteiger partial charge >= 0.3 is 0 Å². The lowest BCUT2D eigenvalue weighted by atomic mass is 9.96. The monoisotopic (exact) mass is 315 g/mol. The number of Topliss-reactive ketones (excluding diaryl/α,β-unsaturated/α-hetero) is 1. The minimum atomic E-state index is -0.0225. The Hall–Kier alpha value is -2.14. The Morgan fingerprint density at radius 3 is 2.52 bits per heavy atom. The fourth-order valence-corrected chi connectivity index (χ4v) is 2.87. The first-order valence-corrected chi connectivity index (χ1v) is 8.00. The van der Waals surface area contributed by atoms with Crippen molar-refractivity contribution in [1.29, 1.82) is 0 Å². The maximum absolute atomic E-state index is 12.4. The van der Waals surface area contributed by atoms with E-state index in [2.05, 4.69) is 5.32 Å². The molecule has 122 valence electrons. The van der Waals surface area contributed by atoms with Crippen LogP contribution in [0.1, 0.15) is 30.9 Å². The largest absolute Gasteiger partial charge is 0.454 e. The topological polar surface area (TPSA) is 64.6 Å². The van der Waals surface area contributed by atoms with Crippen LogP contribution in [0.15, 0.2) is 23.8 Å². The Balaban J connectivity index is 1.91. The molecule has 1 aromatic carbocycles. The van der Waals surface area contributed by atoms with E-state index in [0.29, 0.717) is 17.7 Å². The number of ketones is 2. The van der Waals surface area contributed by atoms with Gasteiger partial charge in [-0.05, 0) is 67.8 Å². The minimum Gasteiger partial charge on any atom is -0.454 e. The summed E-state index contributed by atoms with van der Waals surface area (Å²) in [5, 5.41) is 3.35. The lowest BCUT2D eigenvalue weighted by Crippen LogP contribution is -2.19. The van der Waals surface area contributed by atoms with Gasteiger partial charge in [0.1, 0.15) is 0 Å². The van der Waals surface area contributed by atoms with E-state index in [1.54, 1.807) is 6.92 Å². The highest BCUT2D eigenvalue weighted by Crippen LogP contribution is 2.35. The summed E-state index contributed by atoms with van der Waals surface area (Å²) < 4.78 is 10.9. The van der Waals surface area contributed by atoms with E-state index < -0.39 is 0 Å². The maximum Gasteiger partial charge on any atom is 0.231 e. The van der Waals surface area contributed by atoms with Crippen LogP contribution in [-0.4, -0.2) is 31.4 Å². The third-order valence-electron chi connectivity index (χ3n) is 4.21. The zero-order chi connectivity index (χ0) is 16.2. The number of carbonyl (C=O) groups excluding carboxylic acids is 2. The molecule has 0 unspecified atom stereocenters. The van der Waals surface area contributed by atoms with E-state index in [-0.39, 0.29) is 24.8 Å². The summed E-state index contributed by atoms with van der Waals surface area (Å²) in [4.78, 5) is 24.3. The second-order valence-electron chi connectivity index (χ2n) is 5.97. The van der Waals surface area contributed by atoms with Crippen LogP contribution in [-0.2, 0) is 22.4 Å². The molecule has 0 radical (unpaired) electrons. The molecule has 2 aliphatic heterocycles. The number of ether oxygens (including phenoxy) is 2. The predicted molar refractivity (Wildman–Crippen MR) is 85.8 cm³/mol. The van der Waals surface area contributed by atoms with Crippen molar-refractivity contribution in [2.45, 2.75) is 32.6 Å². The van der Waals surface area contributed by atoms with E-state index in [4.69, 9.17) is 9.47 Å². The number of allylic oxidation sites excluding steroid dienone is 2. The summed E-state index contributed by atoms with van der Waals surface area (Å²) in [5.41, 5.74) is 2.56. The number of fused-ring (bicyclic) bond motifs is 2. The lowest BCUT2D eigenvalue weighted by molar-refractivity contribution is -0.117.